The van der Waals surface area contributed by atoms with Crippen LogP contribution < -0.4 is 10.6 Å². The average Bonchev–Trinajstić information content (AvgIpc) is 3.07. The van der Waals surface area contributed by atoms with Crippen LogP contribution in [0, 0.1) is 0 Å². The minimum atomic E-state index is -0.296. The highest BCUT2D eigenvalue weighted by atomic mass is 16.2. The van der Waals surface area contributed by atoms with Crippen molar-refractivity contribution in [2.24, 2.45) is 0 Å². The number of rotatable bonds is 7. The first-order valence-corrected chi connectivity index (χ1v) is 7.97. The molecule has 2 aromatic heterocycles. The minimum absolute atomic E-state index is 0.0887. The maximum atomic E-state index is 11.9. The normalized spacial score (nSPS) is 10.6. The van der Waals surface area contributed by atoms with Gasteiger partial charge in [-0.05, 0) is 18.6 Å². The van der Waals surface area contributed by atoms with Crippen molar-refractivity contribution in [3.05, 3.63) is 54.4 Å². The fraction of sp³-hybridized carbons (Fsp3) is 0.235. The van der Waals surface area contributed by atoms with Gasteiger partial charge in [0.05, 0.1) is 23.8 Å². The highest BCUT2D eigenvalue weighted by molar-refractivity contribution is 5.91. The number of nitrogens with one attached hydrogen (secondary N) is 3. The SMILES string of the molecule is O=C(CCCNC(=O)c1cnccn1)NCc1nc2ccccc2[nH]1. The highest BCUT2D eigenvalue weighted by Crippen LogP contribution is 2.09. The van der Waals surface area contributed by atoms with Crippen molar-refractivity contribution in [1.29, 1.82) is 0 Å². The number of hydrogen-bond acceptors (Lipinski definition) is 5. The largest absolute Gasteiger partial charge is 0.351 e. The van der Waals surface area contributed by atoms with E-state index in [0.717, 1.165) is 11.0 Å². The second kappa shape index (κ2) is 8.00. The second-order valence-corrected chi connectivity index (χ2v) is 5.43. The molecular weight excluding hydrogens is 320 g/mol. The van der Waals surface area contributed by atoms with Crippen LogP contribution in [0.1, 0.15) is 29.2 Å². The molecule has 2 heterocycles. The lowest BCUT2D eigenvalue weighted by Crippen LogP contribution is -2.28. The van der Waals surface area contributed by atoms with Crippen LogP contribution >= 0.6 is 0 Å². The lowest BCUT2D eigenvalue weighted by molar-refractivity contribution is -0.121. The van der Waals surface area contributed by atoms with E-state index >= 15 is 0 Å². The predicted molar refractivity (Wildman–Crippen MR) is 91.5 cm³/mol. The van der Waals surface area contributed by atoms with E-state index in [1.54, 1.807) is 0 Å². The van der Waals surface area contributed by atoms with Crippen LogP contribution in [0.3, 0.4) is 0 Å². The molecule has 128 valence electrons. The summed E-state index contributed by atoms with van der Waals surface area (Å²) in [7, 11) is 0. The minimum Gasteiger partial charge on any atom is -0.351 e. The number of carbonyl (C=O) groups excluding carboxylic acids is 2. The van der Waals surface area contributed by atoms with E-state index in [0.29, 0.717) is 31.8 Å². The smallest absolute Gasteiger partial charge is 0.271 e. The fourth-order valence-corrected chi connectivity index (χ4v) is 2.32. The third kappa shape index (κ3) is 4.60. The lowest BCUT2D eigenvalue weighted by atomic mass is 10.3. The van der Waals surface area contributed by atoms with E-state index < -0.39 is 0 Å². The lowest BCUT2D eigenvalue weighted by Gasteiger charge is -2.05. The maximum absolute atomic E-state index is 11.9. The zero-order valence-corrected chi connectivity index (χ0v) is 13.5. The Morgan fingerprint density at radius 1 is 1.12 bits per heavy atom. The number of carbonyl (C=O) groups is 2. The first-order chi connectivity index (χ1) is 12.2. The number of aromatic nitrogens is 4. The van der Waals surface area contributed by atoms with Gasteiger partial charge in [-0.15, -0.1) is 0 Å². The standard InChI is InChI=1S/C17H18N6O2/c24-16(6-3-7-20-17(25)14-10-18-8-9-19-14)21-11-15-22-12-4-1-2-5-13(12)23-15/h1-2,4-5,8-10H,3,6-7,11H2,(H,20,25)(H,21,24)(H,22,23). The van der Waals surface area contributed by atoms with Crippen LogP contribution in [-0.4, -0.2) is 38.3 Å². The van der Waals surface area contributed by atoms with E-state index in [-0.39, 0.29) is 17.5 Å². The number of hydrogen-bond donors (Lipinski definition) is 3. The molecule has 0 radical (unpaired) electrons. The number of amides is 2. The van der Waals surface area contributed by atoms with Crippen LogP contribution in [-0.2, 0) is 11.3 Å². The number of fused-ring (bicyclic) bond motifs is 1. The summed E-state index contributed by atoms with van der Waals surface area (Å²) in [5, 5.41) is 5.52. The first-order valence-electron chi connectivity index (χ1n) is 7.97. The predicted octanol–water partition coefficient (Wildman–Crippen LogP) is 1.18. The monoisotopic (exact) mass is 338 g/mol. The molecule has 0 fully saturated rings. The number of imidazole rings is 1. The Hall–Kier alpha value is -3.29. The molecule has 8 heteroatoms. The third-order valence-corrected chi connectivity index (χ3v) is 3.55. The molecule has 0 atom stereocenters. The van der Waals surface area contributed by atoms with Gasteiger partial charge in [0.2, 0.25) is 5.91 Å². The van der Waals surface area contributed by atoms with Crippen LogP contribution in [0.4, 0.5) is 0 Å². The molecule has 0 aliphatic heterocycles. The number of aromatic amines is 1. The topological polar surface area (TPSA) is 113 Å². The Balaban J connectivity index is 1.36. The molecule has 0 saturated heterocycles. The van der Waals surface area contributed by atoms with E-state index in [1.165, 1.54) is 18.6 Å². The maximum Gasteiger partial charge on any atom is 0.271 e. The van der Waals surface area contributed by atoms with Crippen molar-refractivity contribution >= 4 is 22.8 Å². The molecule has 0 saturated carbocycles. The van der Waals surface area contributed by atoms with Crippen molar-refractivity contribution in [1.82, 2.24) is 30.6 Å². The van der Waals surface area contributed by atoms with E-state index in [1.807, 2.05) is 24.3 Å². The van der Waals surface area contributed by atoms with Gasteiger partial charge in [-0.25, -0.2) is 9.97 Å². The molecule has 2 amide bonds. The Bertz CT molecular complexity index is 829. The number of nitrogens with zero attached hydrogens (tertiary/aromatic N) is 3. The summed E-state index contributed by atoms with van der Waals surface area (Å²) in [5.41, 5.74) is 2.08. The second-order valence-electron chi connectivity index (χ2n) is 5.43. The summed E-state index contributed by atoms with van der Waals surface area (Å²) in [6, 6.07) is 7.70. The van der Waals surface area contributed by atoms with Crippen molar-refractivity contribution in [3.63, 3.8) is 0 Å². The summed E-state index contributed by atoms with van der Waals surface area (Å²) in [6.07, 6.45) is 5.22. The van der Waals surface area contributed by atoms with Crippen molar-refractivity contribution < 1.29 is 9.59 Å². The Labute approximate surface area is 144 Å². The molecule has 25 heavy (non-hydrogen) atoms. The summed E-state index contributed by atoms with van der Waals surface area (Å²) < 4.78 is 0. The molecular formula is C17H18N6O2. The number of H-pyrrole nitrogens is 1. The van der Waals surface area contributed by atoms with Crippen molar-refractivity contribution in [3.8, 4) is 0 Å². The van der Waals surface area contributed by atoms with Crippen molar-refractivity contribution in [2.45, 2.75) is 19.4 Å². The molecule has 3 aromatic rings. The summed E-state index contributed by atoms with van der Waals surface area (Å²) in [6.45, 7) is 0.743. The van der Waals surface area contributed by atoms with Gasteiger partial charge in [-0.3, -0.25) is 14.6 Å². The van der Waals surface area contributed by atoms with Crippen LogP contribution in [0.25, 0.3) is 11.0 Å². The van der Waals surface area contributed by atoms with E-state index in [9.17, 15) is 9.59 Å². The van der Waals surface area contributed by atoms with Gasteiger partial charge in [-0.2, -0.15) is 0 Å². The molecule has 0 aliphatic rings. The summed E-state index contributed by atoms with van der Waals surface area (Å²) >= 11 is 0. The van der Waals surface area contributed by atoms with Crippen LogP contribution in [0.5, 0.6) is 0 Å². The molecule has 3 rings (SSSR count). The molecule has 0 bridgehead atoms. The molecule has 8 nitrogen and oxygen atoms in total. The van der Waals surface area contributed by atoms with Gasteiger partial charge in [-0.1, -0.05) is 12.1 Å². The quantitative estimate of drug-likeness (QED) is 0.560. The number of para-hydroxylation sites is 2. The van der Waals surface area contributed by atoms with Gasteiger partial charge in [0.25, 0.3) is 5.91 Å². The van der Waals surface area contributed by atoms with Gasteiger partial charge >= 0.3 is 0 Å². The molecule has 0 spiro atoms. The van der Waals surface area contributed by atoms with Gasteiger partial charge in [0, 0.05) is 25.4 Å². The summed E-state index contributed by atoms with van der Waals surface area (Å²) in [4.78, 5) is 38.9. The van der Waals surface area contributed by atoms with Gasteiger partial charge in [0.15, 0.2) is 0 Å². The third-order valence-electron chi connectivity index (χ3n) is 3.55. The Morgan fingerprint density at radius 2 is 2.00 bits per heavy atom. The van der Waals surface area contributed by atoms with E-state index in [4.69, 9.17) is 0 Å². The summed E-state index contributed by atoms with van der Waals surface area (Å²) in [5.74, 6) is 0.329. The molecule has 3 N–H and O–H groups in total. The van der Waals surface area contributed by atoms with Crippen molar-refractivity contribution in [2.75, 3.05) is 6.54 Å². The fourth-order valence-electron chi connectivity index (χ4n) is 2.32. The highest BCUT2D eigenvalue weighted by Gasteiger charge is 2.07. The zero-order valence-electron chi connectivity index (χ0n) is 13.5. The Morgan fingerprint density at radius 3 is 2.80 bits per heavy atom. The van der Waals surface area contributed by atoms with E-state index in [2.05, 4.69) is 30.6 Å². The zero-order chi connectivity index (χ0) is 17.5. The number of benzene rings is 1. The first kappa shape index (κ1) is 16.6. The molecule has 0 unspecified atom stereocenters. The molecule has 0 aliphatic carbocycles. The Kier molecular flexibility index (Phi) is 5.30. The van der Waals surface area contributed by atoms with Crippen LogP contribution in [0.2, 0.25) is 0 Å². The van der Waals surface area contributed by atoms with Gasteiger partial charge in [0.1, 0.15) is 11.5 Å². The van der Waals surface area contributed by atoms with Gasteiger partial charge < -0.3 is 15.6 Å². The average molecular weight is 338 g/mol. The molecule has 1 aromatic carbocycles. The van der Waals surface area contributed by atoms with Crippen LogP contribution in [0.15, 0.2) is 42.9 Å².